The van der Waals surface area contributed by atoms with Crippen LogP contribution >= 0.6 is 22.9 Å². The van der Waals surface area contributed by atoms with E-state index in [9.17, 15) is 0 Å². The fourth-order valence-corrected chi connectivity index (χ4v) is 3.15. The van der Waals surface area contributed by atoms with Gasteiger partial charge in [-0.3, -0.25) is 2.78 Å². The Balaban J connectivity index is 2.13. The lowest BCUT2D eigenvalue weighted by Gasteiger charge is -2.04. The molecule has 0 N–H and O–H groups in total. The Kier molecular flexibility index (Phi) is 4.67. The van der Waals surface area contributed by atoms with Crippen molar-refractivity contribution in [3.8, 4) is 0 Å². The Hall–Kier alpha value is -0.0600. The van der Waals surface area contributed by atoms with Gasteiger partial charge in [0.25, 0.3) is 0 Å². The first kappa shape index (κ1) is 12.4. The number of nitrogens with zero attached hydrogens (tertiary/aromatic N) is 2. The van der Waals surface area contributed by atoms with E-state index < -0.39 is 0 Å². The summed E-state index contributed by atoms with van der Waals surface area (Å²) in [6.07, 6.45) is 12.1. The van der Waals surface area contributed by atoms with Gasteiger partial charge >= 0.3 is 0 Å². The number of hydrogen-bond donors (Lipinski definition) is 0. The molecule has 2 rings (SSSR count). The van der Waals surface area contributed by atoms with E-state index in [1.54, 1.807) is 0 Å². The van der Waals surface area contributed by atoms with Crippen molar-refractivity contribution in [2.75, 3.05) is 0 Å². The quantitative estimate of drug-likeness (QED) is 0.651. The third-order valence-electron chi connectivity index (χ3n) is 3.48. The van der Waals surface area contributed by atoms with Crippen molar-refractivity contribution in [2.24, 2.45) is 0 Å². The number of rotatable bonds is 0. The summed E-state index contributed by atoms with van der Waals surface area (Å²) in [7, 11) is 0. The molecule has 0 saturated heterocycles. The monoisotopic (exact) mass is 332 g/mol. The molecular formula is C13H21IN2. The van der Waals surface area contributed by atoms with Gasteiger partial charge in [0, 0.05) is 0 Å². The Morgan fingerprint density at radius 2 is 1.50 bits per heavy atom. The van der Waals surface area contributed by atoms with Crippen molar-refractivity contribution < 1.29 is 0 Å². The normalized spacial score (nSPS) is 18.9. The molecule has 0 fully saturated rings. The molecule has 0 aliphatic heterocycles. The zero-order valence-electron chi connectivity index (χ0n) is 10.1. The summed E-state index contributed by atoms with van der Waals surface area (Å²) in [5.74, 6) is 1.17. The fraction of sp³-hybridized carbons (Fsp3) is 0.769. The van der Waals surface area contributed by atoms with E-state index in [0.717, 1.165) is 0 Å². The molecule has 0 bridgehead atoms. The number of fused-ring (bicyclic) bond motifs is 1. The molecule has 0 amide bonds. The molecule has 1 aliphatic carbocycles. The Labute approximate surface area is 112 Å². The average molecular weight is 332 g/mol. The van der Waals surface area contributed by atoms with Crippen LogP contribution in [-0.4, -0.2) is 7.76 Å². The number of imidazole rings is 1. The summed E-state index contributed by atoms with van der Waals surface area (Å²) in [4.78, 5) is 4.71. The first-order valence-corrected chi connectivity index (χ1v) is 7.49. The van der Waals surface area contributed by atoms with Gasteiger partial charge in [-0.2, -0.15) is 0 Å². The van der Waals surface area contributed by atoms with Gasteiger partial charge in [0.15, 0.2) is 0 Å². The third kappa shape index (κ3) is 2.99. The zero-order chi connectivity index (χ0) is 11.4. The first-order valence-electron chi connectivity index (χ1n) is 6.52. The van der Waals surface area contributed by atoms with Crippen LogP contribution in [0.2, 0.25) is 0 Å². The van der Waals surface area contributed by atoms with Crippen molar-refractivity contribution in [1.29, 1.82) is 0 Å². The van der Waals surface area contributed by atoms with Crippen LogP contribution in [0.4, 0.5) is 0 Å². The van der Waals surface area contributed by atoms with Gasteiger partial charge in [-0.05, 0) is 32.6 Å². The van der Waals surface area contributed by atoms with E-state index in [1.807, 2.05) is 0 Å². The second-order valence-corrected chi connectivity index (χ2v) is 5.77. The predicted octanol–water partition coefficient (Wildman–Crippen LogP) is 4.22. The molecule has 0 unspecified atom stereocenters. The molecule has 1 aromatic rings. The highest BCUT2D eigenvalue weighted by molar-refractivity contribution is 14.1. The molecule has 0 radical (unpaired) electrons. The Bertz CT molecular complexity index is 344. The van der Waals surface area contributed by atoms with Crippen LogP contribution in [0.5, 0.6) is 0 Å². The third-order valence-corrected chi connectivity index (χ3v) is 4.76. The smallest absolute Gasteiger partial charge is 0.114 e. The lowest BCUT2D eigenvalue weighted by Crippen LogP contribution is -1.97. The maximum atomic E-state index is 4.71. The highest BCUT2D eigenvalue weighted by Gasteiger charge is 2.13. The summed E-state index contributed by atoms with van der Waals surface area (Å²) < 4.78 is 2.27. The molecule has 0 atom stereocenters. The molecule has 0 aromatic carbocycles. The highest BCUT2D eigenvalue weighted by atomic mass is 127. The molecule has 16 heavy (non-hydrogen) atoms. The largest absolute Gasteiger partial charge is 0.273 e. The average Bonchev–Trinajstić information content (AvgIpc) is 2.52. The first-order chi connectivity index (χ1) is 7.79. The van der Waals surface area contributed by atoms with Gasteiger partial charge in [0.1, 0.15) is 5.82 Å². The topological polar surface area (TPSA) is 17.8 Å². The summed E-state index contributed by atoms with van der Waals surface area (Å²) in [6.45, 7) is 2.12. The van der Waals surface area contributed by atoms with Crippen LogP contribution < -0.4 is 0 Å². The molecule has 1 aromatic heterocycles. The van der Waals surface area contributed by atoms with Crippen molar-refractivity contribution in [3.63, 3.8) is 0 Å². The van der Waals surface area contributed by atoms with E-state index in [2.05, 4.69) is 32.6 Å². The molecule has 2 nitrogen and oxygen atoms in total. The zero-order valence-corrected chi connectivity index (χ0v) is 12.3. The number of aryl methyl sites for hydroxylation is 2. The van der Waals surface area contributed by atoms with Gasteiger partial charge in [0.2, 0.25) is 0 Å². The number of aromatic nitrogens is 2. The molecule has 1 heterocycles. The van der Waals surface area contributed by atoms with Crippen molar-refractivity contribution >= 4 is 22.9 Å². The van der Waals surface area contributed by atoms with E-state index in [4.69, 9.17) is 4.98 Å². The van der Waals surface area contributed by atoms with Crippen molar-refractivity contribution in [2.45, 2.75) is 64.7 Å². The van der Waals surface area contributed by atoms with Crippen LogP contribution in [0.1, 0.15) is 62.2 Å². The molecular weight excluding hydrogens is 311 g/mol. The van der Waals surface area contributed by atoms with Crippen LogP contribution in [0.3, 0.4) is 0 Å². The second-order valence-electron chi connectivity index (χ2n) is 4.81. The molecule has 0 spiro atoms. The van der Waals surface area contributed by atoms with Crippen LogP contribution in [0.15, 0.2) is 0 Å². The van der Waals surface area contributed by atoms with Crippen molar-refractivity contribution in [3.05, 3.63) is 17.2 Å². The molecule has 1 aliphatic rings. The maximum Gasteiger partial charge on any atom is 0.114 e. The number of hydrogen-bond acceptors (Lipinski definition) is 1. The van der Waals surface area contributed by atoms with Crippen LogP contribution in [0, 0.1) is 6.92 Å². The second kappa shape index (κ2) is 6.03. The van der Waals surface area contributed by atoms with Gasteiger partial charge in [-0.15, -0.1) is 0 Å². The Morgan fingerprint density at radius 3 is 2.19 bits per heavy atom. The fourth-order valence-electron chi connectivity index (χ4n) is 2.52. The summed E-state index contributed by atoms with van der Waals surface area (Å²) in [6, 6.07) is 0. The SMILES string of the molecule is Cc1nc2c(n1I)CCCCCCCCC2. The minimum absolute atomic E-state index is 1.17. The van der Waals surface area contributed by atoms with E-state index in [1.165, 1.54) is 75.0 Å². The van der Waals surface area contributed by atoms with Gasteiger partial charge in [0.05, 0.1) is 34.3 Å². The highest BCUT2D eigenvalue weighted by Crippen LogP contribution is 2.21. The van der Waals surface area contributed by atoms with E-state index in [-0.39, 0.29) is 0 Å². The standard InChI is InChI=1S/C13H21IN2/c1-11-15-12-9-7-5-3-2-4-6-8-10-13(12)16(11)14/h2-10H2,1H3. The van der Waals surface area contributed by atoms with Crippen molar-refractivity contribution in [1.82, 2.24) is 7.76 Å². The van der Waals surface area contributed by atoms with Crippen LogP contribution in [0.25, 0.3) is 0 Å². The molecule has 3 heteroatoms. The molecule has 90 valence electrons. The summed E-state index contributed by atoms with van der Waals surface area (Å²) >= 11 is 2.40. The molecule has 0 saturated carbocycles. The minimum atomic E-state index is 1.17. The van der Waals surface area contributed by atoms with Crippen LogP contribution in [-0.2, 0) is 12.8 Å². The van der Waals surface area contributed by atoms with E-state index in [0.29, 0.717) is 0 Å². The lowest BCUT2D eigenvalue weighted by molar-refractivity contribution is 0.585. The summed E-state index contributed by atoms with van der Waals surface area (Å²) in [5.41, 5.74) is 2.86. The maximum absolute atomic E-state index is 4.71. The minimum Gasteiger partial charge on any atom is -0.273 e. The lowest BCUT2D eigenvalue weighted by atomic mass is 10.1. The predicted molar refractivity (Wildman–Crippen MR) is 76.1 cm³/mol. The van der Waals surface area contributed by atoms with Gasteiger partial charge in [-0.25, -0.2) is 4.98 Å². The van der Waals surface area contributed by atoms with E-state index >= 15 is 0 Å². The number of halogens is 1. The van der Waals surface area contributed by atoms with Gasteiger partial charge < -0.3 is 0 Å². The summed E-state index contributed by atoms with van der Waals surface area (Å²) in [5, 5.41) is 0. The van der Waals surface area contributed by atoms with Gasteiger partial charge in [-0.1, -0.05) is 32.1 Å². The Morgan fingerprint density at radius 1 is 0.938 bits per heavy atom.